The van der Waals surface area contributed by atoms with Gasteiger partial charge in [-0.15, -0.1) is 0 Å². The van der Waals surface area contributed by atoms with Gasteiger partial charge in [0.2, 0.25) is 5.91 Å². The fraction of sp³-hybridized carbons (Fsp3) is 0.429. The molecule has 1 aromatic rings. The van der Waals surface area contributed by atoms with E-state index in [9.17, 15) is 13.2 Å². The molecule has 1 amide bonds. The number of rotatable bonds is 4. The highest BCUT2D eigenvalue weighted by Crippen LogP contribution is 2.23. The van der Waals surface area contributed by atoms with Gasteiger partial charge in [-0.25, -0.2) is 13.8 Å². The molecule has 1 fully saturated rings. The van der Waals surface area contributed by atoms with Gasteiger partial charge >= 0.3 is 0 Å². The Kier molecular flexibility index (Phi) is 5.08. The third-order valence-corrected chi connectivity index (χ3v) is 5.49. The molecule has 0 spiro atoms. The number of hydrogen-bond acceptors (Lipinski definition) is 5. The predicted molar refractivity (Wildman–Crippen MR) is 85.1 cm³/mol. The maximum atomic E-state index is 12.0. The van der Waals surface area contributed by atoms with Gasteiger partial charge in [-0.1, -0.05) is 11.6 Å². The molecule has 0 aromatic heterocycles. The molecule has 0 aliphatic carbocycles. The highest BCUT2D eigenvalue weighted by Gasteiger charge is 2.32. The van der Waals surface area contributed by atoms with Crippen molar-refractivity contribution in [3.63, 3.8) is 0 Å². The van der Waals surface area contributed by atoms with Crippen LogP contribution >= 0.6 is 11.6 Å². The van der Waals surface area contributed by atoms with E-state index in [1.165, 1.54) is 7.11 Å². The van der Waals surface area contributed by atoms with Crippen molar-refractivity contribution in [1.82, 2.24) is 5.43 Å². The number of halogens is 1. The first-order valence-corrected chi connectivity index (χ1v) is 8.91. The Hall–Kier alpha value is -1.60. The Labute approximate surface area is 134 Å². The van der Waals surface area contributed by atoms with E-state index in [2.05, 4.69) is 10.5 Å². The predicted octanol–water partition coefficient (Wildman–Crippen LogP) is 1.62. The molecule has 0 unspecified atom stereocenters. The van der Waals surface area contributed by atoms with Gasteiger partial charge in [-0.05, 0) is 31.5 Å². The van der Waals surface area contributed by atoms with Crippen LogP contribution in [0.2, 0.25) is 5.02 Å². The number of methoxy groups -OCH3 is 1. The average Bonchev–Trinajstić information content (AvgIpc) is 2.84. The summed E-state index contributed by atoms with van der Waals surface area (Å²) in [6.07, 6.45) is 0.337. The lowest BCUT2D eigenvalue weighted by Gasteiger charge is -2.10. The number of carbonyl (C=O) groups is 1. The Morgan fingerprint density at radius 2 is 2.18 bits per heavy atom. The summed E-state index contributed by atoms with van der Waals surface area (Å²) in [6, 6.07) is 5.09. The first-order chi connectivity index (χ1) is 10.3. The van der Waals surface area contributed by atoms with Gasteiger partial charge in [0, 0.05) is 10.6 Å². The molecule has 0 saturated carbocycles. The summed E-state index contributed by atoms with van der Waals surface area (Å²) < 4.78 is 28.0. The van der Waals surface area contributed by atoms with Crippen LogP contribution in [-0.2, 0) is 14.6 Å². The summed E-state index contributed by atoms with van der Waals surface area (Å²) in [4.78, 5) is 12.0. The Morgan fingerprint density at radius 3 is 2.77 bits per heavy atom. The molecule has 2 rings (SSSR count). The number of amides is 1. The van der Waals surface area contributed by atoms with E-state index >= 15 is 0 Å². The van der Waals surface area contributed by atoms with Crippen molar-refractivity contribution in [2.75, 3.05) is 18.6 Å². The zero-order chi connectivity index (χ0) is 16.3. The molecule has 6 nitrogen and oxygen atoms in total. The second-order valence-corrected chi connectivity index (χ2v) is 7.78. The minimum Gasteiger partial charge on any atom is -0.496 e. The van der Waals surface area contributed by atoms with Gasteiger partial charge in [0.25, 0.3) is 0 Å². The highest BCUT2D eigenvalue weighted by molar-refractivity contribution is 7.91. The van der Waals surface area contributed by atoms with Crippen molar-refractivity contribution in [1.29, 1.82) is 0 Å². The van der Waals surface area contributed by atoms with Crippen LogP contribution in [0.3, 0.4) is 0 Å². The number of sulfone groups is 1. The standard InChI is InChI=1S/C14H17ClN2O4S/c1-9(12-7-11(15)3-4-13(12)21-2)16-17-14(18)10-5-6-22(19,20)8-10/h3-4,7,10H,5-6,8H2,1-2H3,(H,17,18)/b16-9-/t10-/m0/s1. The highest BCUT2D eigenvalue weighted by atomic mass is 35.5. The molecule has 1 heterocycles. The Bertz CT molecular complexity index is 716. The topological polar surface area (TPSA) is 84.8 Å². The monoisotopic (exact) mass is 344 g/mol. The van der Waals surface area contributed by atoms with Gasteiger partial charge in [0.1, 0.15) is 5.75 Å². The fourth-order valence-electron chi connectivity index (χ4n) is 2.26. The summed E-state index contributed by atoms with van der Waals surface area (Å²) in [5, 5.41) is 4.55. The van der Waals surface area contributed by atoms with Crippen LogP contribution in [0.25, 0.3) is 0 Å². The molecule has 0 radical (unpaired) electrons. The van der Waals surface area contributed by atoms with E-state index in [1.54, 1.807) is 25.1 Å². The minimum absolute atomic E-state index is 0.0515. The molecule has 1 aliphatic heterocycles. The summed E-state index contributed by atoms with van der Waals surface area (Å²) in [5.74, 6) is -0.406. The molecule has 0 bridgehead atoms. The summed E-state index contributed by atoms with van der Waals surface area (Å²) in [5.41, 5.74) is 3.60. The second kappa shape index (κ2) is 6.66. The van der Waals surface area contributed by atoms with Crippen LogP contribution in [0.1, 0.15) is 18.9 Å². The molecule has 120 valence electrons. The van der Waals surface area contributed by atoms with Crippen molar-refractivity contribution < 1.29 is 17.9 Å². The molecule has 1 atom stereocenters. The summed E-state index contributed by atoms with van der Waals surface area (Å²) >= 11 is 5.95. The molecular formula is C14H17ClN2O4S. The largest absolute Gasteiger partial charge is 0.496 e. The lowest BCUT2D eigenvalue weighted by Crippen LogP contribution is -2.28. The first kappa shape index (κ1) is 16.8. The maximum absolute atomic E-state index is 12.0. The molecule has 1 N–H and O–H groups in total. The van der Waals surface area contributed by atoms with Crippen molar-refractivity contribution in [2.24, 2.45) is 11.0 Å². The van der Waals surface area contributed by atoms with Crippen molar-refractivity contribution in [3.8, 4) is 5.75 Å². The molecule has 1 aliphatic rings. The van der Waals surface area contributed by atoms with Gasteiger partial charge < -0.3 is 4.74 Å². The lowest BCUT2D eigenvalue weighted by atomic mass is 10.1. The summed E-state index contributed by atoms with van der Waals surface area (Å²) in [6.45, 7) is 1.71. The van der Waals surface area contributed by atoms with Crippen LogP contribution in [-0.4, -0.2) is 38.7 Å². The Balaban J connectivity index is 2.10. The van der Waals surface area contributed by atoms with Crippen molar-refractivity contribution in [2.45, 2.75) is 13.3 Å². The van der Waals surface area contributed by atoms with Crippen LogP contribution in [0.5, 0.6) is 5.75 Å². The van der Waals surface area contributed by atoms with Gasteiger partial charge in [0.15, 0.2) is 9.84 Å². The molecule has 8 heteroatoms. The SMILES string of the molecule is COc1ccc(Cl)cc1/C(C)=N\NC(=O)[C@H]1CCS(=O)(=O)C1. The first-order valence-electron chi connectivity index (χ1n) is 6.71. The number of ether oxygens (including phenoxy) is 1. The van der Waals surface area contributed by atoms with Gasteiger partial charge in [-0.2, -0.15) is 5.10 Å². The van der Waals surface area contributed by atoms with E-state index in [4.69, 9.17) is 16.3 Å². The maximum Gasteiger partial charge on any atom is 0.244 e. The quantitative estimate of drug-likeness (QED) is 0.664. The third kappa shape index (κ3) is 3.98. The van der Waals surface area contributed by atoms with Crippen LogP contribution < -0.4 is 10.2 Å². The minimum atomic E-state index is -3.09. The van der Waals surface area contributed by atoms with E-state index < -0.39 is 15.8 Å². The Morgan fingerprint density at radius 1 is 1.45 bits per heavy atom. The van der Waals surface area contributed by atoms with Crippen molar-refractivity contribution in [3.05, 3.63) is 28.8 Å². The number of nitrogens with zero attached hydrogens (tertiary/aromatic N) is 1. The fourth-order valence-corrected chi connectivity index (χ4v) is 4.17. The number of hydrogen-bond donors (Lipinski definition) is 1. The van der Waals surface area contributed by atoms with E-state index in [-0.39, 0.29) is 17.4 Å². The summed E-state index contributed by atoms with van der Waals surface area (Å²) in [7, 11) is -1.56. The van der Waals surface area contributed by atoms with Crippen LogP contribution in [0, 0.1) is 5.92 Å². The molecular weight excluding hydrogens is 328 g/mol. The third-order valence-electron chi connectivity index (χ3n) is 3.49. The number of carbonyl (C=O) groups excluding carboxylic acids is 1. The number of hydrazone groups is 1. The molecule has 1 aromatic carbocycles. The zero-order valence-corrected chi connectivity index (χ0v) is 13.9. The molecule has 1 saturated heterocycles. The van der Waals surface area contributed by atoms with E-state index in [0.29, 0.717) is 28.5 Å². The smallest absolute Gasteiger partial charge is 0.244 e. The number of nitrogens with one attached hydrogen (secondary N) is 1. The second-order valence-electron chi connectivity index (χ2n) is 5.12. The van der Waals surface area contributed by atoms with E-state index in [1.807, 2.05) is 0 Å². The van der Waals surface area contributed by atoms with Crippen LogP contribution in [0.15, 0.2) is 23.3 Å². The van der Waals surface area contributed by atoms with Crippen LogP contribution in [0.4, 0.5) is 0 Å². The average molecular weight is 345 g/mol. The normalized spacial score (nSPS) is 20.7. The lowest BCUT2D eigenvalue weighted by molar-refractivity contribution is -0.124. The van der Waals surface area contributed by atoms with E-state index in [0.717, 1.165) is 0 Å². The van der Waals surface area contributed by atoms with Crippen molar-refractivity contribution >= 4 is 33.1 Å². The van der Waals surface area contributed by atoms with Gasteiger partial charge in [0.05, 0.1) is 30.2 Å². The van der Waals surface area contributed by atoms with Gasteiger partial charge in [-0.3, -0.25) is 4.79 Å². The number of benzene rings is 1. The molecule has 22 heavy (non-hydrogen) atoms. The zero-order valence-electron chi connectivity index (χ0n) is 12.3.